The number of carbonyl (C=O) groups is 1. The summed E-state index contributed by atoms with van der Waals surface area (Å²) in [5.74, 6) is 1.59. The van der Waals surface area contributed by atoms with Crippen molar-refractivity contribution in [2.75, 3.05) is 18.4 Å². The van der Waals surface area contributed by atoms with Crippen LogP contribution in [0.3, 0.4) is 0 Å². The van der Waals surface area contributed by atoms with Gasteiger partial charge in [0.25, 0.3) is 5.91 Å². The Morgan fingerprint density at radius 1 is 0.926 bits per heavy atom. The van der Waals surface area contributed by atoms with Gasteiger partial charge in [0, 0.05) is 31.2 Å². The van der Waals surface area contributed by atoms with Crippen LogP contribution in [-0.2, 0) is 0 Å². The summed E-state index contributed by atoms with van der Waals surface area (Å²) in [4.78, 5) is 22.9. The minimum absolute atomic E-state index is 0.0865. The molecule has 0 aliphatic carbocycles. The first kappa shape index (κ1) is 16.8. The fourth-order valence-corrected chi connectivity index (χ4v) is 2.75. The van der Waals surface area contributed by atoms with Gasteiger partial charge in [0.2, 0.25) is 5.88 Å². The number of hydrogen-bond donors (Lipinski definition) is 1. The maximum Gasteiger partial charge on any atom is 0.259 e. The molecular weight excluding hydrogens is 340 g/mol. The van der Waals surface area contributed by atoms with E-state index in [0.29, 0.717) is 30.3 Å². The van der Waals surface area contributed by atoms with Gasteiger partial charge in [-0.1, -0.05) is 18.2 Å². The van der Waals surface area contributed by atoms with Crippen molar-refractivity contribution in [1.29, 1.82) is 0 Å². The van der Waals surface area contributed by atoms with E-state index in [1.807, 2.05) is 54.6 Å². The summed E-state index contributed by atoms with van der Waals surface area (Å²) in [6, 6.07) is 16.6. The fraction of sp³-hybridized carbons (Fsp3) is 0.0952. The zero-order valence-corrected chi connectivity index (χ0v) is 14.6. The Hall–Kier alpha value is -3.67. The molecule has 1 N–H and O–H groups in total. The molecule has 4 rings (SSSR count). The van der Waals surface area contributed by atoms with Gasteiger partial charge in [-0.05, 0) is 48.5 Å². The van der Waals surface area contributed by atoms with Crippen LogP contribution in [0.25, 0.3) is 0 Å². The lowest BCUT2D eigenvalue weighted by atomic mass is 10.2. The molecule has 0 bridgehead atoms. The number of carbonyl (C=O) groups excluding carboxylic acids is 1. The van der Waals surface area contributed by atoms with E-state index in [0.717, 1.165) is 11.5 Å². The van der Waals surface area contributed by atoms with Crippen LogP contribution in [0.5, 0.6) is 11.6 Å². The minimum Gasteiger partial charge on any atom is -0.438 e. The summed E-state index contributed by atoms with van der Waals surface area (Å²) in [6.07, 6.45) is 7.30. The molecule has 3 heterocycles. The normalized spacial score (nSPS) is 12.8. The molecular formula is C21H18N4O2. The van der Waals surface area contributed by atoms with E-state index in [4.69, 9.17) is 4.74 Å². The van der Waals surface area contributed by atoms with Crippen molar-refractivity contribution in [1.82, 2.24) is 14.9 Å². The van der Waals surface area contributed by atoms with Crippen LogP contribution < -0.4 is 10.1 Å². The summed E-state index contributed by atoms with van der Waals surface area (Å²) in [5, 5.41) is 3.21. The number of rotatable bonds is 5. The van der Waals surface area contributed by atoms with Crippen molar-refractivity contribution >= 4 is 17.4 Å². The molecule has 134 valence electrons. The van der Waals surface area contributed by atoms with Gasteiger partial charge in [0.15, 0.2) is 0 Å². The summed E-state index contributed by atoms with van der Waals surface area (Å²) >= 11 is 0. The second kappa shape index (κ2) is 7.70. The predicted octanol–water partition coefficient (Wildman–Crippen LogP) is 4.02. The Labute approximate surface area is 157 Å². The van der Waals surface area contributed by atoms with E-state index in [1.165, 1.54) is 0 Å². The molecule has 3 aromatic rings. The Balaban J connectivity index is 1.48. The zero-order chi connectivity index (χ0) is 18.5. The Morgan fingerprint density at radius 3 is 2.44 bits per heavy atom. The number of anilines is 2. The van der Waals surface area contributed by atoms with Gasteiger partial charge in [-0.25, -0.2) is 9.97 Å². The summed E-state index contributed by atoms with van der Waals surface area (Å²) in [6.45, 7) is 1.22. The fourth-order valence-electron chi connectivity index (χ4n) is 2.75. The van der Waals surface area contributed by atoms with Crippen LogP contribution in [0.2, 0.25) is 0 Å². The highest BCUT2D eigenvalue weighted by atomic mass is 16.5. The van der Waals surface area contributed by atoms with Gasteiger partial charge in [-0.15, -0.1) is 0 Å². The number of ether oxygens (including phenoxy) is 1. The van der Waals surface area contributed by atoms with E-state index >= 15 is 0 Å². The van der Waals surface area contributed by atoms with Crippen molar-refractivity contribution < 1.29 is 9.53 Å². The lowest BCUT2D eigenvalue weighted by Crippen LogP contribution is -2.28. The lowest BCUT2D eigenvalue weighted by Gasteiger charge is -2.17. The maximum absolute atomic E-state index is 12.7. The highest BCUT2D eigenvalue weighted by Gasteiger charge is 2.21. The number of amides is 1. The van der Waals surface area contributed by atoms with Crippen molar-refractivity contribution in [3.63, 3.8) is 0 Å². The van der Waals surface area contributed by atoms with Crippen LogP contribution >= 0.6 is 0 Å². The quantitative estimate of drug-likeness (QED) is 0.698. The molecule has 2 aromatic heterocycles. The second-order valence-electron chi connectivity index (χ2n) is 6.00. The first-order valence-electron chi connectivity index (χ1n) is 8.65. The van der Waals surface area contributed by atoms with Crippen LogP contribution in [0.1, 0.15) is 10.4 Å². The first-order chi connectivity index (χ1) is 13.3. The van der Waals surface area contributed by atoms with Crippen molar-refractivity contribution in [2.45, 2.75) is 0 Å². The number of nitrogens with zero attached hydrogens (tertiary/aromatic N) is 3. The molecule has 0 unspecified atom stereocenters. The number of nitrogens with one attached hydrogen (secondary N) is 1. The summed E-state index contributed by atoms with van der Waals surface area (Å²) in [7, 11) is 0. The third kappa shape index (κ3) is 3.95. The van der Waals surface area contributed by atoms with E-state index < -0.39 is 0 Å². The van der Waals surface area contributed by atoms with E-state index in [9.17, 15) is 4.79 Å². The monoisotopic (exact) mass is 358 g/mol. The van der Waals surface area contributed by atoms with Crippen molar-refractivity contribution in [3.05, 3.63) is 84.7 Å². The highest BCUT2D eigenvalue weighted by Crippen LogP contribution is 2.26. The van der Waals surface area contributed by atoms with Crippen LogP contribution in [0.15, 0.2) is 79.1 Å². The predicted molar refractivity (Wildman–Crippen MR) is 103 cm³/mol. The standard InChI is InChI=1S/C21H18N4O2/c26-21(25-14-3-4-15-25)18-6-5-13-23-20(18)27-17-10-8-16(9-11-17)24-19-7-1-2-12-22-19/h1-13H,14-15H2,(H,22,24). The Kier molecular flexibility index (Phi) is 4.78. The van der Waals surface area contributed by atoms with E-state index in [-0.39, 0.29) is 5.91 Å². The Morgan fingerprint density at radius 2 is 1.70 bits per heavy atom. The molecule has 1 aliphatic heterocycles. The molecule has 0 saturated heterocycles. The third-order valence-corrected chi connectivity index (χ3v) is 4.11. The van der Waals surface area contributed by atoms with Crippen molar-refractivity contribution in [3.8, 4) is 11.6 Å². The molecule has 1 amide bonds. The molecule has 6 nitrogen and oxygen atoms in total. The molecule has 27 heavy (non-hydrogen) atoms. The SMILES string of the molecule is O=C(c1cccnc1Oc1ccc(Nc2ccccn2)cc1)N1CC=CC1. The average Bonchev–Trinajstić information content (AvgIpc) is 3.25. The minimum atomic E-state index is -0.0865. The van der Waals surface area contributed by atoms with Crippen LogP contribution in [0.4, 0.5) is 11.5 Å². The number of benzene rings is 1. The average molecular weight is 358 g/mol. The summed E-state index contributed by atoms with van der Waals surface area (Å²) in [5.41, 5.74) is 1.35. The molecule has 0 saturated carbocycles. The van der Waals surface area contributed by atoms with Gasteiger partial charge in [0.1, 0.15) is 17.1 Å². The molecule has 1 aromatic carbocycles. The van der Waals surface area contributed by atoms with Crippen LogP contribution in [-0.4, -0.2) is 33.9 Å². The molecule has 0 radical (unpaired) electrons. The molecule has 6 heteroatoms. The third-order valence-electron chi connectivity index (χ3n) is 4.11. The maximum atomic E-state index is 12.7. The van der Waals surface area contributed by atoms with Gasteiger partial charge in [-0.2, -0.15) is 0 Å². The Bertz CT molecular complexity index is 947. The van der Waals surface area contributed by atoms with Gasteiger partial charge < -0.3 is 15.0 Å². The number of pyridine rings is 2. The highest BCUT2D eigenvalue weighted by molar-refractivity contribution is 5.96. The van der Waals surface area contributed by atoms with Gasteiger partial charge in [0.05, 0.1) is 0 Å². The smallest absolute Gasteiger partial charge is 0.259 e. The topological polar surface area (TPSA) is 67.3 Å². The second-order valence-corrected chi connectivity index (χ2v) is 6.00. The zero-order valence-electron chi connectivity index (χ0n) is 14.6. The molecule has 0 atom stereocenters. The molecule has 0 fully saturated rings. The molecule has 0 spiro atoms. The van der Waals surface area contributed by atoms with Crippen molar-refractivity contribution in [2.24, 2.45) is 0 Å². The van der Waals surface area contributed by atoms with Gasteiger partial charge in [-0.3, -0.25) is 4.79 Å². The van der Waals surface area contributed by atoms with Gasteiger partial charge >= 0.3 is 0 Å². The van der Waals surface area contributed by atoms with Crippen LogP contribution in [0, 0.1) is 0 Å². The largest absolute Gasteiger partial charge is 0.438 e. The van der Waals surface area contributed by atoms with E-state index in [1.54, 1.807) is 29.4 Å². The first-order valence-corrected chi connectivity index (χ1v) is 8.65. The lowest BCUT2D eigenvalue weighted by molar-refractivity contribution is 0.0796. The number of aromatic nitrogens is 2. The van der Waals surface area contributed by atoms with E-state index in [2.05, 4.69) is 15.3 Å². The summed E-state index contributed by atoms with van der Waals surface area (Å²) < 4.78 is 5.87. The molecule has 1 aliphatic rings. The number of hydrogen-bond acceptors (Lipinski definition) is 5.